The van der Waals surface area contributed by atoms with E-state index in [1.165, 1.54) is 81.7 Å². The highest BCUT2D eigenvalue weighted by atomic mass is 16.2. The van der Waals surface area contributed by atoms with Crippen molar-refractivity contribution in [1.82, 2.24) is 15.0 Å². The van der Waals surface area contributed by atoms with E-state index in [1.807, 2.05) is 24.3 Å². The summed E-state index contributed by atoms with van der Waals surface area (Å²) in [6.07, 6.45) is 26.2. The molecular weight excluding hydrogens is 382 g/mol. The molecule has 0 saturated heterocycles. The van der Waals surface area contributed by atoms with Crippen molar-refractivity contribution in [3.63, 3.8) is 0 Å². The Hall–Kier alpha value is -1.97. The van der Waals surface area contributed by atoms with Crippen molar-refractivity contribution in [2.24, 2.45) is 0 Å². The number of unbranched alkanes of at least 4 members (excludes halogenated alkanes) is 14. The monoisotopic (exact) mass is 425 g/mol. The van der Waals surface area contributed by atoms with E-state index in [9.17, 15) is 4.79 Å². The Balaban J connectivity index is 1.37. The summed E-state index contributed by atoms with van der Waals surface area (Å²) in [5.41, 5.74) is 1.58. The lowest BCUT2D eigenvalue weighted by Gasteiger charge is -2.02. The zero-order valence-corrected chi connectivity index (χ0v) is 19.7. The lowest BCUT2D eigenvalue weighted by molar-refractivity contribution is 0.0886. The fourth-order valence-corrected chi connectivity index (χ4v) is 4.04. The van der Waals surface area contributed by atoms with Gasteiger partial charge in [-0.05, 0) is 44.2 Å². The highest BCUT2D eigenvalue weighted by molar-refractivity contribution is 5.88. The molecule has 0 aliphatic heterocycles. The second kappa shape index (κ2) is 16.7. The number of fused-ring (bicyclic) bond motifs is 1. The van der Waals surface area contributed by atoms with Crippen LogP contribution < -0.4 is 0 Å². The van der Waals surface area contributed by atoms with E-state index in [4.69, 9.17) is 0 Å². The molecule has 0 N–H and O–H groups in total. The largest absolute Gasteiger partial charge is 0.273 e. The average Bonchev–Trinajstić information content (AvgIpc) is 3.22. The van der Waals surface area contributed by atoms with Gasteiger partial charge in [0, 0.05) is 6.42 Å². The summed E-state index contributed by atoms with van der Waals surface area (Å²) in [6.45, 7) is 2.28. The van der Waals surface area contributed by atoms with Gasteiger partial charge in [-0.1, -0.05) is 107 Å². The van der Waals surface area contributed by atoms with E-state index in [1.54, 1.807) is 0 Å². The van der Waals surface area contributed by atoms with Crippen LogP contribution in [0.15, 0.2) is 36.4 Å². The molecule has 1 aromatic carbocycles. The van der Waals surface area contributed by atoms with Gasteiger partial charge in [0.05, 0.1) is 5.52 Å². The molecular formula is C27H43N3O. The summed E-state index contributed by atoms with van der Waals surface area (Å²) in [5, 5.41) is 8.05. The van der Waals surface area contributed by atoms with Crippen LogP contribution in [0.2, 0.25) is 0 Å². The zero-order chi connectivity index (χ0) is 22.0. The number of hydrogen-bond donors (Lipinski definition) is 0. The number of rotatable bonds is 18. The quantitative estimate of drug-likeness (QED) is 0.178. The summed E-state index contributed by atoms with van der Waals surface area (Å²) < 4.78 is 1.45. The molecule has 0 spiro atoms. The molecule has 0 aliphatic rings. The molecule has 1 aromatic heterocycles. The molecule has 2 aromatic rings. The fourth-order valence-electron chi connectivity index (χ4n) is 4.04. The Labute approximate surface area is 189 Å². The van der Waals surface area contributed by atoms with Crippen molar-refractivity contribution in [3.05, 3.63) is 36.4 Å². The van der Waals surface area contributed by atoms with Crippen molar-refractivity contribution in [1.29, 1.82) is 0 Å². The lowest BCUT2D eigenvalue weighted by atomic mass is 10.1. The number of carbonyl (C=O) groups excluding carboxylic acids is 1. The maximum atomic E-state index is 12.3. The first-order valence-electron chi connectivity index (χ1n) is 12.8. The number of benzene rings is 1. The molecule has 0 amide bonds. The molecule has 0 bridgehead atoms. The van der Waals surface area contributed by atoms with Crippen LogP contribution in [-0.2, 0) is 0 Å². The lowest BCUT2D eigenvalue weighted by Crippen LogP contribution is -2.12. The summed E-state index contributed by atoms with van der Waals surface area (Å²) in [4.78, 5) is 12.3. The number of carbonyl (C=O) groups is 1. The number of para-hydroxylation sites is 1. The third-order valence-electron chi connectivity index (χ3n) is 5.99. The average molecular weight is 426 g/mol. The zero-order valence-electron chi connectivity index (χ0n) is 19.7. The first-order valence-corrected chi connectivity index (χ1v) is 12.8. The Morgan fingerprint density at radius 1 is 0.774 bits per heavy atom. The molecule has 0 unspecified atom stereocenters. The molecule has 0 aliphatic carbocycles. The molecule has 31 heavy (non-hydrogen) atoms. The predicted molar refractivity (Wildman–Crippen MR) is 131 cm³/mol. The molecule has 1 heterocycles. The number of allylic oxidation sites excluding steroid dienone is 2. The molecule has 0 fully saturated rings. The summed E-state index contributed by atoms with van der Waals surface area (Å²) in [5.74, 6) is 0.0423. The molecule has 2 rings (SSSR count). The standard InChI is InChI=1S/C27H43N3O/c1-2-3-4-5-6-7-8-9-10-11-12-13-14-15-16-17-18-19-24-27(31)30-26-23-21-20-22-25(26)28-29-30/h14-15,20-23H,2-13,16-19,24H2,1H3/b15-14+. The van der Waals surface area contributed by atoms with Crippen molar-refractivity contribution < 1.29 is 4.79 Å². The van der Waals surface area contributed by atoms with Gasteiger partial charge in [-0.25, -0.2) is 0 Å². The third-order valence-corrected chi connectivity index (χ3v) is 5.99. The van der Waals surface area contributed by atoms with Gasteiger partial charge in [0.2, 0.25) is 5.91 Å². The smallest absolute Gasteiger partial charge is 0.248 e. The number of aromatic nitrogens is 3. The molecule has 0 atom stereocenters. The summed E-state index contributed by atoms with van der Waals surface area (Å²) in [7, 11) is 0. The van der Waals surface area contributed by atoms with Crippen molar-refractivity contribution in [2.75, 3.05) is 0 Å². The second-order valence-electron chi connectivity index (χ2n) is 8.78. The molecule has 0 radical (unpaired) electrons. The van der Waals surface area contributed by atoms with E-state index in [-0.39, 0.29) is 5.91 Å². The fraction of sp³-hybridized carbons (Fsp3) is 0.667. The minimum atomic E-state index is 0.0423. The van der Waals surface area contributed by atoms with Crippen LogP contribution in [0, 0.1) is 0 Å². The van der Waals surface area contributed by atoms with Crippen LogP contribution in [0.1, 0.15) is 121 Å². The van der Waals surface area contributed by atoms with Gasteiger partial charge >= 0.3 is 0 Å². The van der Waals surface area contributed by atoms with Gasteiger partial charge in [-0.2, -0.15) is 4.68 Å². The SMILES string of the molecule is CCCCCCCCCCCCC/C=C/CCCCCC(=O)n1nnc2ccccc21. The third kappa shape index (κ3) is 10.8. The topological polar surface area (TPSA) is 47.8 Å². The molecule has 172 valence electrons. The van der Waals surface area contributed by atoms with E-state index in [0.29, 0.717) is 6.42 Å². The first kappa shape index (κ1) is 25.3. The maximum absolute atomic E-state index is 12.3. The number of hydrogen-bond acceptors (Lipinski definition) is 3. The van der Waals surface area contributed by atoms with Crippen molar-refractivity contribution in [2.45, 2.75) is 116 Å². The molecule has 4 heteroatoms. The Kier molecular flexibility index (Phi) is 13.6. The number of nitrogens with zero attached hydrogens (tertiary/aromatic N) is 3. The Morgan fingerprint density at radius 3 is 1.97 bits per heavy atom. The minimum Gasteiger partial charge on any atom is -0.273 e. The second-order valence-corrected chi connectivity index (χ2v) is 8.78. The van der Waals surface area contributed by atoms with Crippen molar-refractivity contribution in [3.8, 4) is 0 Å². The first-order chi connectivity index (χ1) is 15.3. The van der Waals surface area contributed by atoms with E-state index < -0.39 is 0 Å². The van der Waals surface area contributed by atoms with E-state index in [2.05, 4.69) is 29.4 Å². The molecule has 4 nitrogen and oxygen atoms in total. The van der Waals surface area contributed by atoms with Crippen molar-refractivity contribution >= 4 is 16.9 Å². The van der Waals surface area contributed by atoms with Gasteiger partial charge in [-0.3, -0.25) is 4.79 Å². The van der Waals surface area contributed by atoms with Crippen LogP contribution in [0.25, 0.3) is 11.0 Å². The maximum Gasteiger partial charge on any atom is 0.248 e. The van der Waals surface area contributed by atoms with Crippen LogP contribution in [-0.4, -0.2) is 20.9 Å². The van der Waals surface area contributed by atoms with Gasteiger partial charge in [0.15, 0.2) is 0 Å². The van der Waals surface area contributed by atoms with Crippen LogP contribution >= 0.6 is 0 Å². The summed E-state index contributed by atoms with van der Waals surface area (Å²) in [6, 6.07) is 7.61. The van der Waals surface area contributed by atoms with Crippen LogP contribution in [0.3, 0.4) is 0 Å². The summed E-state index contributed by atoms with van der Waals surface area (Å²) >= 11 is 0. The predicted octanol–water partition coefficient (Wildman–Crippen LogP) is 8.28. The highest BCUT2D eigenvalue weighted by Gasteiger charge is 2.10. The normalized spacial score (nSPS) is 11.6. The van der Waals surface area contributed by atoms with E-state index in [0.717, 1.165) is 36.7 Å². The van der Waals surface area contributed by atoms with Crippen LogP contribution in [0.5, 0.6) is 0 Å². The van der Waals surface area contributed by atoms with Gasteiger partial charge in [0.25, 0.3) is 0 Å². The van der Waals surface area contributed by atoms with E-state index >= 15 is 0 Å². The Morgan fingerprint density at radius 2 is 1.32 bits per heavy atom. The van der Waals surface area contributed by atoms with Gasteiger partial charge in [0.1, 0.15) is 5.52 Å². The van der Waals surface area contributed by atoms with Gasteiger partial charge < -0.3 is 0 Å². The van der Waals surface area contributed by atoms with Crippen LogP contribution in [0.4, 0.5) is 0 Å². The Bertz CT molecular complexity index is 750. The van der Waals surface area contributed by atoms with Gasteiger partial charge in [-0.15, -0.1) is 5.10 Å². The highest BCUT2D eigenvalue weighted by Crippen LogP contribution is 2.13. The molecule has 0 saturated carbocycles. The minimum absolute atomic E-state index is 0.0423.